The van der Waals surface area contributed by atoms with E-state index in [9.17, 15) is 9.59 Å². The molecule has 1 saturated heterocycles. The first-order valence-corrected chi connectivity index (χ1v) is 10.8. The molecule has 0 spiro atoms. The zero-order valence-corrected chi connectivity index (χ0v) is 18.2. The minimum atomic E-state index is -0.0772. The summed E-state index contributed by atoms with van der Waals surface area (Å²) < 4.78 is 5.96. The minimum absolute atomic E-state index is 0.0772. The first-order chi connectivity index (χ1) is 14.4. The van der Waals surface area contributed by atoms with Gasteiger partial charge in [-0.05, 0) is 69.0 Å². The number of aryl methyl sites for hydroxylation is 1. The Morgan fingerprint density at radius 3 is 2.57 bits per heavy atom. The quantitative estimate of drug-likeness (QED) is 0.754. The molecule has 2 aromatic carbocycles. The average molecular weight is 409 g/mol. The molecule has 5 heteroatoms. The molecule has 0 bridgehead atoms. The summed E-state index contributed by atoms with van der Waals surface area (Å²) in [5.41, 5.74) is 2.89. The van der Waals surface area contributed by atoms with E-state index >= 15 is 0 Å². The SMILES string of the molecule is Cc1ccccc1CC(=O)N1CCC[C@@H](COc2ccc(C(=O)NC(C)C)cc2)C1. The molecule has 0 aliphatic carbocycles. The molecule has 1 aliphatic rings. The number of nitrogens with zero attached hydrogens (tertiary/aromatic N) is 1. The molecule has 1 fully saturated rings. The Morgan fingerprint density at radius 1 is 1.13 bits per heavy atom. The number of likely N-dealkylation sites (tertiary alicyclic amines) is 1. The van der Waals surface area contributed by atoms with Crippen LogP contribution in [0.2, 0.25) is 0 Å². The van der Waals surface area contributed by atoms with Gasteiger partial charge in [-0.1, -0.05) is 24.3 Å². The molecule has 5 nitrogen and oxygen atoms in total. The minimum Gasteiger partial charge on any atom is -0.493 e. The van der Waals surface area contributed by atoms with Crippen LogP contribution in [0.1, 0.15) is 48.2 Å². The third-order valence-electron chi connectivity index (χ3n) is 5.50. The normalized spacial score (nSPS) is 16.4. The fraction of sp³-hybridized carbons (Fsp3) is 0.440. The maximum Gasteiger partial charge on any atom is 0.251 e. The van der Waals surface area contributed by atoms with Crippen molar-refractivity contribution < 1.29 is 14.3 Å². The molecule has 1 N–H and O–H groups in total. The summed E-state index contributed by atoms with van der Waals surface area (Å²) in [4.78, 5) is 26.8. The number of nitrogens with one attached hydrogen (secondary N) is 1. The van der Waals surface area contributed by atoms with E-state index in [1.807, 2.05) is 62.1 Å². The first-order valence-electron chi connectivity index (χ1n) is 10.8. The maximum absolute atomic E-state index is 12.8. The fourth-order valence-corrected chi connectivity index (χ4v) is 3.77. The van der Waals surface area contributed by atoms with Gasteiger partial charge in [0.25, 0.3) is 5.91 Å². The lowest BCUT2D eigenvalue weighted by Crippen LogP contribution is -2.42. The van der Waals surface area contributed by atoms with Gasteiger partial charge < -0.3 is 15.0 Å². The van der Waals surface area contributed by atoms with Crippen LogP contribution in [0.5, 0.6) is 5.75 Å². The van der Waals surface area contributed by atoms with Crippen LogP contribution in [0.4, 0.5) is 0 Å². The number of piperidine rings is 1. The number of rotatable bonds is 7. The van der Waals surface area contributed by atoms with Crippen LogP contribution in [0.25, 0.3) is 0 Å². The van der Waals surface area contributed by atoms with E-state index in [-0.39, 0.29) is 17.9 Å². The highest BCUT2D eigenvalue weighted by Crippen LogP contribution is 2.21. The van der Waals surface area contributed by atoms with Gasteiger partial charge in [-0.15, -0.1) is 0 Å². The van der Waals surface area contributed by atoms with Gasteiger partial charge in [0.05, 0.1) is 13.0 Å². The Bertz CT molecular complexity index is 861. The van der Waals surface area contributed by atoms with Crippen molar-refractivity contribution in [1.82, 2.24) is 10.2 Å². The first kappa shape index (κ1) is 21.9. The van der Waals surface area contributed by atoms with Crippen LogP contribution in [0, 0.1) is 12.8 Å². The summed E-state index contributed by atoms with van der Waals surface area (Å²) in [5.74, 6) is 1.18. The summed E-state index contributed by atoms with van der Waals surface area (Å²) in [6.07, 6.45) is 2.52. The zero-order chi connectivity index (χ0) is 21.5. The van der Waals surface area contributed by atoms with Crippen molar-refractivity contribution in [3.8, 4) is 5.75 Å². The Morgan fingerprint density at radius 2 is 1.87 bits per heavy atom. The zero-order valence-electron chi connectivity index (χ0n) is 18.2. The smallest absolute Gasteiger partial charge is 0.251 e. The van der Waals surface area contributed by atoms with E-state index in [4.69, 9.17) is 4.74 Å². The summed E-state index contributed by atoms with van der Waals surface area (Å²) >= 11 is 0. The molecule has 1 heterocycles. The lowest BCUT2D eigenvalue weighted by Gasteiger charge is -2.33. The Kier molecular flexibility index (Phi) is 7.50. The molecule has 1 aliphatic heterocycles. The molecular weight excluding hydrogens is 376 g/mol. The summed E-state index contributed by atoms with van der Waals surface area (Å²) in [6, 6.07) is 15.4. The van der Waals surface area contributed by atoms with Gasteiger partial charge in [-0.2, -0.15) is 0 Å². The van der Waals surface area contributed by atoms with E-state index in [1.165, 1.54) is 0 Å². The number of carbonyl (C=O) groups excluding carboxylic acids is 2. The monoisotopic (exact) mass is 408 g/mol. The van der Waals surface area contributed by atoms with E-state index in [0.29, 0.717) is 24.5 Å². The molecule has 0 saturated carbocycles. The lowest BCUT2D eigenvalue weighted by molar-refractivity contribution is -0.132. The average Bonchev–Trinajstić information content (AvgIpc) is 2.74. The Hall–Kier alpha value is -2.82. The maximum atomic E-state index is 12.8. The highest BCUT2D eigenvalue weighted by molar-refractivity contribution is 5.94. The van der Waals surface area contributed by atoms with Crippen LogP contribution >= 0.6 is 0 Å². The van der Waals surface area contributed by atoms with Gasteiger partial charge in [-0.3, -0.25) is 9.59 Å². The summed E-state index contributed by atoms with van der Waals surface area (Å²) in [6.45, 7) is 8.06. The van der Waals surface area contributed by atoms with E-state index in [2.05, 4.69) is 5.32 Å². The van der Waals surface area contributed by atoms with Crippen LogP contribution in [-0.4, -0.2) is 42.5 Å². The van der Waals surface area contributed by atoms with Crippen LogP contribution in [-0.2, 0) is 11.2 Å². The molecule has 3 rings (SSSR count). The summed E-state index contributed by atoms with van der Waals surface area (Å²) in [7, 11) is 0. The van der Waals surface area contributed by atoms with Gasteiger partial charge in [0.15, 0.2) is 0 Å². The van der Waals surface area contributed by atoms with Crippen molar-refractivity contribution in [2.24, 2.45) is 5.92 Å². The molecule has 0 aromatic heterocycles. The molecule has 0 unspecified atom stereocenters. The number of amides is 2. The Labute approximate surface area is 179 Å². The third-order valence-corrected chi connectivity index (χ3v) is 5.50. The second-order valence-corrected chi connectivity index (χ2v) is 8.41. The van der Waals surface area contributed by atoms with E-state index in [1.54, 1.807) is 12.1 Å². The predicted octanol–water partition coefficient (Wildman–Crippen LogP) is 3.99. The largest absolute Gasteiger partial charge is 0.493 e. The van der Waals surface area contributed by atoms with Crippen molar-refractivity contribution in [3.05, 3.63) is 65.2 Å². The summed E-state index contributed by atoms with van der Waals surface area (Å²) in [5, 5.41) is 2.88. The number of ether oxygens (including phenoxy) is 1. The topological polar surface area (TPSA) is 58.6 Å². The molecule has 30 heavy (non-hydrogen) atoms. The van der Waals surface area contributed by atoms with Gasteiger partial charge in [0, 0.05) is 30.6 Å². The Balaban J connectivity index is 1.49. The highest BCUT2D eigenvalue weighted by Gasteiger charge is 2.24. The van der Waals surface area contributed by atoms with Crippen LogP contribution in [0.3, 0.4) is 0 Å². The van der Waals surface area contributed by atoms with E-state index < -0.39 is 0 Å². The van der Waals surface area contributed by atoms with Crippen molar-refractivity contribution in [2.75, 3.05) is 19.7 Å². The number of benzene rings is 2. The van der Waals surface area contributed by atoms with Gasteiger partial charge >= 0.3 is 0 Å². The van der Waals surface area contributed by atoms with Crippen molar-refractivity contribution in [1.29, 1.82) is 0 Å². The number of hydrogen-bond donors (Lipinski definition) is 1. The van der Waals surface area contributed by atoms with Crippen molar-refractivity contribution in [3.63, 3.8) is 0 Å². The van der Waals surface area contributed by atoms with Gasteiger partial charge in [0.2, 0.25) is 5.91 Å². The van der Waals surface area contributed by atoms with E-state index in [0.717, 1.165) is 42.8 Å². The van der Waals surface area contributed by atoms with Gasteiger partial charge in [-0.25, -0.2) is 0 Å². The fourth-order valence-electron chi connectivity index (χ4n) is 3.77. The predicted molar refractivity (Wildman–Crippen MR) is 119 cm³/mol. The lowest BCUT2D eigenvalue weighted by atomic mass is 9.97. The third kappa shape index (κ3) is 6.09. The van der Waals surface area contributed by atoms with Crippen LogP contribution < -0.4 is 10.1 Å². The van der Waals surface area contributed by atoms with Crippen molar-refractivity contribution in [2.45, 2.75) is 46.1 Å². The van der Waals surface area contributed by atoms with Crippen molar-refractivity contribution >= 4 is 11.8 Å². The highest BCUT2D eigenvalue weighted by atomic mass is 16.5. The number of hydrogen-bond acceptors (Lipinski definition) is 3. The molecule has 0 radical (unpaired) electrons. The second-order valence-electron chi connectivity index (χ2n) is 8.41. The molecule has 160 valence electrons. The standard InChI is InChI=1S/C25H32N2O3/c1-18(2)26-25(29)21-10-12-23(13-11-21)30-17-20-8-6-14-27(16-20)24(28)15-22-9-5-4-7-19(22)3/h4-5,7,9-13,18,20H,6,8,14-17H2,1-3H3,(H,26,29)/t20-/m1/s1. The van der Waals surface area contributed by atoms with Gasteiger partial charge in [0.1, 0.15) is 5.75 Å². The molecule has 2 amide bonds. The number of carbonyl (C=O) groups is 2. The molecule has 1 atom stereocenters. The second kappa shape index (κ2) is 10.3. The molecule has 2 aromatic rings. The molecular formula is C25H32N2O3. The van der Waals surface area contributed by atoms with Crippen LogP contribution in [0.15, 0.2) is 48.5 Å².